The molecule has 1 fully saturated rings. The van der Waals surface area contributed by atoms with Crippen LogP contribution in [0.25, 0.3) is 6.08 Å². The van der Waals surface area contributed by atoms with E-state index in [2.05, 4.69) is 26.1 Å². The fourth-order valence-corrected chi connectivity index (χ4v) is 2.85. The van der Waals surface area contributed by atoms with Crippen LogP contribution in [0.15, 0.2) is 48.8 Å². The minimum absolute atomic E-state index is 0.145. The first-order chi connectivity index (χ1) is 15.1. The van der Waals surface area contributed by atoms with Gasteiger partial charge in [-0.3, -0.25) is 14.6 Å². The van der Waals surface area contributed by atoms with Crippen molar-refractivity contribution in [2.45, 2.75) is 45.1 Å². The quantitative estimate of drug-likeness (QED) is 0.417. The lowest BCUT2D eigenvalue weighted by atomic mass is 10.2. The van der Waals surface area contributed by atoms with E-state index in [0.29, 0.717) is 24.7 Å². The molecule has 2 aromatic rings. The Bertz CT molecular complexity index is 867. The summed E-state index contributed by atoms with van der Waals surface area (Å²) in [5.74, 6) is -0.100. The number of hydrogen-bond acceptors (Lipinski definition) is 7. The summed E-state index contributed by atoms with van der Waals surface area (Å²) in [5.41, 5.74) is 3.86. The molecule has 2 amide bonds. The lowest BCUT2D eigenvalue weighted by molar-refractivity contribution is -0.198. The summed E-state index contributed by atoms with van der Waals surface area (Å²) < 4.78 is 5.37. The van der Waals surface area contributed by atoms with Gasteiger partial charge in [0.15, 0.2) is 6.29 Å². The van der Waals surface area contributed by atoms with E-state index in [-0.39, 0.29) is 5.91 Å². The van der Waals surface area contributed by atoms with E-state index < -0.39 is 18.2 Å². The summed E-state index contributed by atoms with van der Waals surface area (Å²) in [6, 6.07) is 9.20. The Hall–Kier alpha value is -3.30. The highest BCUT2D eigenvalue weighted by molar-refractivity contribution is 5.90. The number of amides is 2. The summed E-state index contributed by atoms with van der Waals surface area (Å²) in [6.45, 7) is 2.84. The zero-order chi connectivity index (χ0) is 21.9. The number of aromatic nitrogens is 2. The Morgan fingerprint density at radius 3 is 2.77 bits per heavy atom. The molecule has 1 saturated heterocycles. The van der Waals surface area contributed by atoms with Crippen molar-refractivity contribution in [3.05, 3.63) is 60.1 Å². The number of anilines is 1. The van der Waals surface area contributed by atoms with Crippen molar-refractivity contribution in [3.63, 3.8) is 0 Å². The van der Waals surface area contributed by atoms with Gasteiger partial charge >= 0.3 is 0 Å². The molecule has 3 N–H and O–H groups in total. The summed E-state index contributed by atoms with van der Waals surface area (Å²) in [6.07, 6.45) is 8.22. The molecule has 2 heterocycles. The maximum atomic E-state index is 12.2. The van der Waals surface area contributed by atoms with E-state index in [4.69, 9.17) is 9.57 Å². The molecule has 1 aromatic carbocycles. The standard InChI is InChI=1S/C22H27N5O4/c1-16(22(29)25-13-17-7-3-2-4-8-17)26-19-15-23-18(14-24-19)10-11-20(28)27-31-21-9-5-6-12-30-21/h2-4,7-8,10-11,14-16,21H,5-6,9,12-13H2,1H3,(H,24,26)(H,25,29)(H,27,28)/t16-,21?/m1/s1. The lowest BCUT2D eigenvalue weighted by Gasteiger charge is -2.21. The van der Waals surface area contributed by atoms with Gasteiger partial charge in [0.05, 0.1) is 18.1 Å². The number of hydroxylamine groups is 1. The molecule has 2 atom stereocenters. The Labute approximate surface area is 181 Å². The molecule has 0 saturated carbocycles. The SMILES string of the molecule is C[C@@H](Nc1cnc(C=CC(=O)NOC2CCCCO2)cn1)C(=O)NCc1ccccc1. The van der Waals surface area contributed by atoms with Gasteiger partial charge in [-0.15, -0.1) is 0 Å². The van der Waals surface area contributed by atoms with E-state index in [1.807, 2.05) is 30.3 Å². The third kappa shape index (κ3) is 7.80. The number of nitrogens with zero attached hydrogens (tertiary/aromatic N) is 2. The molecule has 0 aliphatic carbocycles. The van der Waals surface area contributed by atoms with Gasteiger partial charge in [-0.05, 0) is 31.4 Å². The normalized spacial score (nSPS) is 17.1. The van der Waals surface area contributed by atoms with E-state index >= 15 is 0 Å². The molecule has 9 heteroatoms. The van der Waals surface area contributed by atoms with Crippen LogP contribution in [-0.2, 0) is 25.7 Å². The van der Waals surface area contributed by atoms with E-state index in [0.717, 1.165) is 24.8 Å². The van der Waals surface area contributed by atoms with Crippen LogP contribution in [0.5, 0.6) is 0 Å². The van der Waals surface area contributed by atoms with Gasteiger partial charge in [-0.25, -0.2) is 15.3 Å². The predicted octanol–water partition coefficient (Wildman–Crippen LogP) is 2.18. The van der Waals surface area contributed by atoms with E-state index in [1.54, 1.807) is 6.92 Å². The van der Waals surface area contributed by atoms with Crippen molar-refractivity contribution in [1.29, 1.82) is 0 Å². The van der Waals surface area contributed by atoms with Crippen molar-refractivity contribution in [2.75, 3.05) is 11.9 Å². The minimum atomic E-state index is -0.482. The van der Waals surface area contributed by atoms with Gasteiger partial charge < -0.3 is 15.4 Å². The Morgan fingerprint density at radius 1 is 1.23 bits per heavy atom. The summed E-state index contributed by atoms with van der Waals surface area (Å²) in [5, 5.41) is 5.88. The van der Waals surface area contributed by atoms with Crippen molar-refractivity contribution in [1.82, 2.24) is 20.8 Å². The zero-order valence-electron chi connectivity index (χ0n) is 17.4. The molecule has 1 unspecified atom stereocenters. The van der Waals surface area contributed by atoms with Gasteiger partial charge in [-0.1, -0.05) is 30.3 Å². The van der Waals surface area contributed by atoms with Crippen LogP contribution in [0, 0.1) is 0 Å². The highest BCUT2D eigenvalue weighted by Crippen LogP contribution is 2.12. The largest absolute Gasteiger partial charge is 0.357 e. The number of benzene rings is 1. The molecule has 0 bridgehead atoms. The van der Waals surface area contributed by atoms with Crippen molar-refractivity contribution < 1.29 is 19.2 Å². The Morgan fingerprint density at radius 2 is 2.06 bits per heavy atom. The second-order valence-corrected chi connectivity index (χ2v) is 7.11. The lowest BCUT2D eigenvalue weighted by Crippen LogP contribution is -2.37. The van der Waals surface area contributed by atoms with E-state index in [9.17, 15) is 9.59 Å². The van der Waals surface area contributed by atoms with Crippen LogP contribution < -0.4 is 16.1 Å². The monoisotopic (exact) mass is 425 g/mol. The molecular formula is C22H27N5O4. The molecule has 9 nitrogen and oxygen atoms in total. The van der Waals surface area contributed by atoms with Crippen LogP contribution in [0.2, 0.25) is 0 Å². The number of rotatable bonds is 9. The highest BCUT2D eigenvalue weighted by Gasteiger charge is 2.15. The number of ether oxygens (including phenoxy) is 1. The predicted molar refractivity (Wildman–Crippen MR) is 115 cm³/mol. The van der Waals surface area contributed by atoms with Crippen LogP contribution in [0.4, 0.5) is 5.82 Å². The van der Waals surface area contributed by atoms with Crippen LogP contribution in [-0.4, -0.2) is 40.7 Å². The van der Waals surface area contributed by atoms with Gasteiger partial charge in [-0.2, -0.15) is 0 Å². The molecule has 0 spiro atoms. The number of carbonyl (C=O) groups is 2. The topological polar surface area (TPSA) is 114 Å². The van der Waals surface area contributed by atoms with Gasteiger partial charge in [0.25, 0.3) is 5.91 Å². The molecule has 1 aliphatic heterocycles. The Kier molecular flexibility index (Phi) is 8.50. The fraction of sp³-hybridized carbons (Fsp3) is 0.364. The van der Waals surface area contributed by atoms with Crippen molar-refractivity contribution >= 4 is 23.7 Å². The minimum Gasteiger partial charge on any atom is -0.357 e. The second kappa shape index (κ2) is 11.8. The Balaban J connectivity index is 1.40. The van der Waals surface area contributed by atoms with Gasteiger partial charge in [0, 0.05) is 25.6 Å². The smallest absolute Gasteiger partial charge is 0.267 e. The second-order valence-electron chi connectivity index (χ2n) is 7.11. The van der Waals surface area contributed by atoms with E-state index in [1.165, 1.54) is 24.5 Å². The fourth-order valence-electron chi connectivity index (χ4n) is 2.85. The highest BCUT2D eigenvalue weighted by atomic mass is 16.8. The zero-order valence-corrected chi connectivity index (χ0v) is 17.4. The molecule has 3 rings (SSSR count). The van der Waals surface area contributed by atoms with Crippen LogP contribution >= 0.6 is 0 Å². The first-order valence-electron chi connectivity index (χ1n) is 10.3. The molecule has 164 valence electrons. The summed E-state index contributed by atoms with van der Waals surface area (Å²) in [4.78, 5) is 37.7. The maximum absolute atomic E-state index is 12.2. The molecule has 31 heavy (non-hydrogen) atoms. The molecule has 0 radical (unpaired) electrons. The molecular weight excluding hydrogens is 398 g/mol. The summed E-state index contributed by atoms with van der Waals surface area (Å²) in [7, 11) is 0. The van der Waals surface area contributed by atoms with Gasteiger partial charge in [0.1, 0.15) is 11.9 Å². The number of carbonyl (C=O) groups excluding carboxylic acids is 2. The van der Waals surface area contributed by atoms with Crippen LogP contribution in [0.1, 0.15) is 37.4 Å². The maximum Gasteiger partial charge on any atom is 0.267 e. The number of hydrogen-bond donors (Lipinski definition) is 3. The average molecular weight is 425 g/mol. The number of nitrogens with one attached hydrogen (secondary N) is 3. The average Bonchev–Trinajstić information content (AvgIpc) is 2.82. The first-order valence-corrected chi connectivity index (χ1v) is 10.3. The van der Waals surface area contributed by atoms with Crippen molar-refractivity contribution in [2.24, 2.45) is 0 Å². The van der Waals surface area contributed by atoms with Crippen molar-refractivity contribution in [3.8, 4) is 0 Å². The first kappa shape index (κ1) is 22.4. The molecule has 1 aromatic heterocycles. The van der Waals surface area contributed by atoms with Crippen LogP contribution in [0.3, 0.4) is 0 Å². The summed E-state index contributed by atoms with van der Waals surface area (Å²) >= 11 is 0. The third-order valence-corrected chi connectivity index (χ3v) is 4.57. The molecule has 1 aliphatic rings. The van der Waals surface area contributed by atoms with Gasteiger partial charge in [0.2, 0.25) is 5.91 Å². The third-order valence-electron chi connectivity index (χ3n) is 4.57.